The molecule has 1 aliphatic heterocycles. The van der Waals surface area contributed by atoms with Crippen LogP contribution in [0, 0.1) is 5.92 Å². The maximum absolute atomic E-state index is 4.39. The van der Waals surface area contributed by atoms with Crippen molar-refractivity contribution in [3.63, 3.8) is 0 Å². The van der Waals surface area contributed by atoms with Gasteiger partial charge in [-0.3, -0.25) is 4.98 Å². The molecule has 1 aliphatic rings. The SMILES string of the molecule is c1cc(NCC2CCNCC2)c2cccnc2c1. The molecule has 3 heteroatoms. The zero-order valence-corrected chi connectivity index (χ0v) is 10.5. The maximum atomic E-state index is 4.39. The summed E-state index contributed by atoms with van der Waals surface area (Å²) >= 11 is 0. The third-order valence-electron chi connectivity index (χ3n) is 3.69. The fraction of sp³-hybridized carbons (Fsp3) is 0.400. The van der Waals surface area contributed by atoms with Crippen molar-refractivity contribution in [3.8, 4) is 0 Å². The molecule has 0 aliphatic carbocycles. The minimum absolute atomic E-state index is 0.790. The van der Waals surface area contributed by atoms with E-state index in [0.29, 0.717) is 0 Å². The standard InChI is InChI=1S/C15H19N3/c1-4-14-13(3-2-8-17-14)15(5-1)18-11-12-6-9-16-10-7-12/h1-5,8,12,16,18H,6-7,9-11H2. The molecular weight excluding hydrogens is 222 g/mol. The van der Waals surface area contributed by atoms with Crippen LogP contribution in [0.15, 0.2) is 36.5 Å². The summed E-state index contributed by atoms with van der Waals surface area (Å²) in [4.78, 5) is 4.39. The lowest BCUT2D eigenvalue weighted by Gasteiger charge is -2.23. The molecule has 3 rings (SSSR count). The van der Waals surface area contributed by atoms with E-state index in [0.717, 1.165) is 31.1 Å². The van der Waals surface area contributed by atoms with Crippen LogP contribution in [-0.4, -0.2) is 24.6 Å². The number of benzene rings is 1. The van der Waals surface area contributed by atoms with Gasteiger partial charge in [-0.2, -0.15) is 0 Å². The Morgan fingerprint density at radius 2 is 2.06 bits per heavy atom. The van der Waals surface area contributed by atoms with Crippen molar-refractivity contribution in [2.24, 2.45) is 5.92 Å². The Bertz CT molecular complexity index is 513. The minimum Gasteiger partial charge on any atom is -0.384 e. The Morgan fingerprint density at radius 1 is 1.17 bits per heavy atom. The van der Waals surface area contributed by atoms with Gasteiger partial charge >= 0.3 is 0 Å². The van der Waals surface area contributed by atoms with E-state index in [1.807, 2.05) is 12.3 Å². The normalized spacial score (nSPS) is 16.9. The van der Waals surface area contributed by atoms with E-state index >= 15 is 0 Å². The number of aromatic nitrogens is 1. The first-order chi connectivity index (χ1) is 8.93. The summed E-state index contributed by atoms with van der Waals surface area (Å²) in [5.41, 5.74) is 2.27. The highest BCUT2D eigenvalue weighted by Gasteiger charge is 2.12. The number of piperidine rings is 1. The largest absolute Gasteiger partial charge is 0.384 e. The molecule has 18 heavy (non-hydrogen) atoms. The number of pyridine rings is 1. The number of nitrogens with one attached hydrogen (secondary N) is 2. The summed E-state index contributed by atoms with van der Waals surface area (Å²) in [5, 5.41) is 8.21. The Balaban J connectivity index is 1.74. The average molecular weight is 241 g/mol. The van der Waals surface area contributed by atoms with Gasteiger partial charge < -0.3 is 10.6 Å². The molecule has 2 heterocycles. The van der Waals surface area contributed by atoms with Gasteiger partial charge in [-0.1, -0.05) is 6.07 Å². The predicted octanol–water partition coefficient (Wildman–Crippen LogP) is 2.65. The molecule has 0 radical (unpaired) electrons. The molecule has 0 bridgehead atoms. The quantitative estimate of drug-likeness (QED) is 0.867. The average Bonchev–Trinajstić information content (AvgIpc) is 2.46. The summed E-state index contributed by atoms with van der Waals surface area (Å²) in [6, 6.07) is 10.4. The molecule has 94 valence electrons. The molecule has 0 saturated carbocycles. The lowest BCUT2D eigenvalue weighted by molar-refractivity contribution is 0.390. The third-order valence-corrected chi connectivity index (χ3v) is 3.69. The van der Waals surface area contributed by atoms with Crippen molar-refractivity contribution in [2.75, 3.05) is 25.0 Å². The summed E-state index contributed by atoms with van der Waals surface area (Å²) in [6.07, 6.45) is 4.39. The highest BCUT2D eigenvalue weighted by Crippen LogP contribution is 2.22. The second-order valence-electron chi connectivity index (χ2n) is 4.95. The van der Waals surface area contributed by atoms with E-state index in [2.05, 4.69) is 39.9 Å². The second kappa shape index (κ2) is 5.36. The number of anilines is 1. The van der Waals surface area contributed by atoms with E-state index < -0.39 is 0 Å². The molecule has 2 aromatic rings. The maximum Gasteiger partial charge on any atom is 0.0722 e. The molecule has 0 spiro atoms. The van der Waals surface area contributed by atoms with Gasteiger partial charge in [0.15, 0.2) is 0 Å². The molecule has 0 unspecified atom stereocenters. The van der Waals surface area contributed by atoms with Crippen LogP contribution in [0.2, 0.25) is 0 Å². The zero-order valence-electron chi connectivity index (χ0n) is 10.5. The molecule has 0 atom stereocenters. The Labute approximate surface area is 108 Å². The lowest BCUT2D eigenvalue weighted by atomic mass is 9.98. The van der Waals surface area contributed by atoms with Crippen LogP contribution in [0.25, 0.3) is 10.9 Å². The Hall–Kier alpha value is -1.61. The van der Waals surface area contributed by atoms with Crippen molar-refractivity contribution in [2.45, 2.75) is 12.8 Å². The van der Waals surface area contributed by atoms with E-state index in [-0.39, 0.29) is 0 Å². The van der Waals surface area contributed by atoms with Crippen molar-refractivity contribution in [1.82, 2.24) is 10.3 Å². The van der Waals surface area contributed by atoms with Crippen LogP contribution in [-0.2, 0) is 0 Å². The Morgan fingerprint density at radius 3 is 2.94 bits per heavy atom. The van der Waals surface area contributed by atoms with Crippen LogP contribution >= 0.6 is 0 Å². The summed E-state index contributed by atoms with van der Waals surface area (Å²) in [7, 11) is 0. The fourth-order valence-electron chi connectivity index (χ4n) is 2.60. The Kier molecular flexibility index (Phi) is 3.42. The van der Waals surface area contributed by atoms with Crippen LogP contribution in [0.4, 0.5) is 5.69 Å². The van der Waals surface area contributed by atoms with Crippen LogP contribution in [0.5, 0.6) is 0 Å². The molecule has 1 aromatic carbocycles. The molecule has 0 amide bonds. The topological polar surface area (TPSA) is 37.0 Å². The summed E-state index contributed by atoms with van der Waals surface area (Å²) < 4.78 is 0. The summed E-state index contributed by atoms with van der Waals surface area (Å²) in [5.74, 6) is 0.790. The molecule has 1 aromatic heterocycles. The number of fused-ring (bicyclic) bond motifs is 1. The predicted molar refractivity (Wildman–Crippen MR) is 75.8 cm³/mol. The van der Waals surface area contributed by atoms with Gasteiger partial charge in [0.05, 0.1) is 5.52 Å². The van der Waals surface area contributed by atoms with Gasteiger partial charge in [-0.25, -0.2) is 0 Å². The van der Waals surface area contributed by atoms with Gasteiger partial charge in [0.25, 0.3) is 0 Å². The number of hydrogen-bond donors (Lipinski definition) is 2. The highest BCUT2D eigenvalue weighted by molar-refractivity contribution is 5.91. The van der Waals surface area contributed by atoms with E-state index in [1.54, 1.807) is 0 Å². The number of rotatable bonds is 3. The molecule has 1 saturated heterocycles. The van der Waals surface area contributed by atoms with E-state index in [1.165, 1.54) is 23.9 Å². The lowest BCUT2D eigenvalue weighted by Crippen LogP contribution is -2.31. The van der Waals surface area contributed by atoms with Crippen molar-refractivity contribution in [1.29, 1.82) is 0 Å². The smallest absolute Gasteiger partial charge is 0.0722 e. The number of nitrogens with zero attached hydrogens (tertiary/aromatic N) is 1. The molecular formula is C15H19N3. The van der Waals surface area contributed by atoms with Gasteiger partial charge in [-0.05, 0) is 56.1 Å². The van der Waals surface area contributed by atoms with E-state index in [9.17, 15) is 0 Å². The van der Waals surface area contributed by atoms with Crippen molar-refractivity contribution in [3.05, 3.63) is 36.5 Å². The first kappa shape index (κ1) is 11.5. The number of hydrogen-bond acceptors (Lipinski definition) is 3. The van der Waals surface area contributed by atoms with Gasteiger partial charge in [0, 0.05) is 23.8 Å². The van der Waals surface area contributed by atoms with Crippen molar-refractivity contribution >= 4 is 16.6 Å². The fourth-order valence-corrected chi connectivity index (χ4v) is 2.60. The van der Waals surface area contributed by atoms with Gasteiger partial charge in [-0.15, -0.1) is 0 Å². The van der Waals surface area contributed by atoms with Crippen LogP contribution in [0.1, 0.15) is 12.8 Å². The first-order valence-electron chi connectivity index (χ1n) is 6.72. The first-order valence-corrected chi connectivity index (χ1v) is 6.72. The van der Waals surface area contributed by atoms with Gasteiger partial charge in [0.2, 0.25) is 0 Å². The molecule has 3 nitrogen and oxygen atoms in total. The molecule has 1 fully saturated rings. The summed E-state index contributed by atoms with van der Waals surface area (Å²) in [6.45, 7) is 3.38. The van der Waals surface area contributed by atoms with Gasteiger partial charge in [0.1, 0.15) is 0 Å². The molecule has 2 N–H and O–H groups in total. The third kappa shape index (κ3) is 2.46. The minimum atomic E-state index is 0.790. The van der Waals surface area contributed by atoms with Crippen LogP contribution < -0.4 is 10.6 Å². The second-order valence-corrected chi connectivity index (χ2v) is 4.95. The monoisotopic (exact) mass is 241 g/mol. The zero-order chi connectivity index (χ0) is 12.2. The van der Waals surface area contributed by atoms with E-state index in [4.69, 9.17) is 0 Å². The van der Waals surface area contributed by atoms with Crippen LogP contribution in [0.3, 0.4) is 0 Å². The van der Waals surface area contributed by atoms with Crippen molar-refractivity contribution < 1.29 is 0 Å². The highest BCUT2D eigenvalue weighted by atomic mass is 14.9.